The fourth-order valence-electron chi connectivity index (χ4n) is 1.25. The highest BCUT2D eigenvalue weighted by atomic mass is 19.4. The number of halogens is 3. The van der Waals surface area contributed by atoms with Crippen LogP contribution >= 0.6 is 0 Å². The molecule has 0 aliphatic carbocycles. The number of benzene rings is 1. The van der Waals surface area contributed by atoms with Crippen LogP contribution in [0, 0.1) is 0 Å². The Kier molecular flexibility index (Phi) is 4.37. The van der Waals surface area contributed by atoms with Crippen molar-refractivity contribution in [1.82, 2.24) is 5.32 Å². The predicted octanol–water partition coefficient (Wildman–Crippen LogP) is 1.92. The zero-order valence-electron chi connectivity index (χ0n) is 9.17. The van der Waals surface area contributed by atoms with Crippen LogP contribution in [0.25, 0.3) is 0 Å². The van der Waals surface area contributed by atoms with E-state index in [1.807, 2.05) is 0 Å². The number of hydrogen-bond donors (Lipinski definition) is 1. The summed E-state index contributed by atoms with van der Waals surface area (Å²) in [5.74, 6) is -1.29. The van der Waals surface area contributed by atoms with E-state index >= 15 is 0 Å². The van der Waals surface area contributed by atoms with Gasteiger partial charge in [-0.3, -0.25) is 4.79 Å². The van der Waals surface area contributed by atoms with Gasteiger partial charge < -0.3 is 10.1 Å². The van der Waals surface area contributed by atoms with Crippen molar-refractivity contribution in [1.29, 1.82) is 0 Å². The molecule has 0 unspecified atom stereocenters. The average Bonchev–Trinajstić information content (AvgIpc) is 2.28. The lowest BCUT2D eigenvalue weighted by Gasteiger charge is -2.08. The van der Waals surface area contributed by atoms with Crippen molar-refractivity contribution in [2.45, 2.75) is 12.6 Å². The van der Waals surface area contributed by atoms with Crippen molar-refractivity contribution in [2.24, 2.45) is 0 Å². The molecule has 6 heteroatoms. The van der Waals surface area contributed by atoms with Crippen molar-refractivity contribution in [3.05, 3.63) is 29.8 Å². The molecule has 1 N–H and O–H groups in total. The maximum absolute atomic E-state index is 11.9. The summed E-state index contributed by atoms with van der Waals surface area (Å²) >= 11 is 0. The molecule has 94 valence electrons. The molecule has 1 aromatic rings. The third-order valence-electron chi connectivity index (χ3n) is 2.09. The predicted molar refractivity (Wildman–Crippen MR) is 55.8 cm³/mol. The number of alkyl halides is 3. The summed E-state index contributed by atoms with van der Waals surface area (Å²) in [4.78, 5) is 10.5. The summed E-state index contributed by atoms with van der Waals surface area (Å²) in [6.07, 6.45) is -4.51. The van der Waals surface area contributed by atoms with Crippen molar-refractivity contribution >= 4 is 5.91 Å². The molecule has 1 rings (SSSR count). The van der Waals surface area contributed by atoms with Crippen molar-refractivity contribution in [3.63, 3.8) is 0 Å². The summed E-state index contributed by atoms with van der Waals surface area (Å²) in [5, 5.41) is 1.80. The fraction of sp³-hybridized carbons (Fsp3) is 0.364. The highest BCUT2D eigenvalue weighted by molar-refractivity contribution is 5.81. The minimum atomic E-state index is -4.83. The number of carbonyl (C=O) groups excluding carboxylic acids is 1. The Morgan fingerprint density at radius 1 is 1.41 bits per heavy atom. The Balaban J connectivity index is 2.43. The van der Waals surface area contributed by atoms with Crippen LogP contribution in [0.1, 0.15) is 5.56 Å². The van der Waals surface area contributed by atoms with Gasteiger partial charge in [-0.25, -0.2) is 0 Å². The highest BCUT2D eigenvalue weighted by Gasteiger charge is 2.38. The van der Waals surface area contributed by atoms with Gasteiger partial charge in [0.1, 0.15) is 5.75 Å². The van der Waals surface area contributed by atoms with Crippen LogP contribution in [-0.4, -0.2) is 25.7 Å². The lowest BCUT2D eigenvalue weighted by molar-refractivity contribution is -0.173. The van der Waals surface area contributed by atoms with Crippen LogP contribution in [0.4, 0.5) is 13.2 Å². The third-order valence-corrected chi connectivity index (χ3v) is 2.09. The summed E-state index contributed by atoms with van der Waals surface area (Å²) in [7, 11) is 1.50. The monoisotopic (exact) mass is 247 g/mol. The van der Waals surface area contributed by atoms with E-state index in [1.54, 1.807) is 29.6 Å². The van der Waals surface area contributed by atoms with Crippen LogP contribution < -0.4 is 10.1 Å². The molecule has 0 atom stereocenters. The summed E-state index contributed by atoms with van der Waals surface area (Å²) in [5.41, 5.74) is 0.798. The largest absolute Gasteiger partial charge is 0.497 e. The molecule has 1 amide bonds. The van der Waals surface area contributed by atoms with Gasteiger partial charge >= 0.3 is 12.1 Å². The first-order valence-corrected chi connectivity index (χ1v) is 4.91. The molecule has 0 heterocycles. The molecule has 0 saturated carbocycles. The second-order valence-electron chi connectivity index (χ2n) is 3.36. The zero-order chi connectivity index (χ0) is 12.9. The van der Waals surface area contributed by atoms with E-state index in [0.717, 1.165) is 5.56 Å². The maximum Gasteiger partial charge on any atom is 0.471 e. The minimum Gasteiger partial charge on any atom is -0.497 e. The normalized spacial score (nSPS) is 11.1. The molecule has 0 aliphatic rings. The molecule has 3 nitrogen and oxygen atoms in total. The Bertz CT molecular complexity index is 391. The lowest BCUT2D eigenvalue weighted by Crippen LogP contribution is -2.37. The van der Waals surface area contributed by atoms with Crippen molar-refractivity contribution in [3.8, 4) is 5.75 Å². The van der Waals surface area contributed by atoms with Gasteiger partial charge in [0.2, 0.25) is 0 Å². The molecule has 0 aromatic heterocycles. The molecular formula is C11H12F3NO2. The second-order valence-corrected chi connectivity index (χ2v) is 3.36. The molecule has 0 fully saturated rings. The molecule has 0 spiro atoms. The number of rotatable bonds is 4. The Morgan fingerprint density at radius 2 is 2.12 bits per heavy atom. The summed E-state index contributed by atoms with van der Waals surface area (Å²) in [6, 6.07) is 6.93. The van der Waals surface area contributed by atoms with Crippen LogP contribution in [0.15, 0.2) is 24.3 Å². The minimum absolute atomic E-state index is 0.0640. The first-order valence-electron chi connectivity index (χ1n) is 4.91. The molecule has 1 aromatic carbocycles. The molecule has 0 saturated heterocycles. The lowest BCUT2D eigenvalue weighted by atomic mass is 10.1. The Labute approximate surface area is 96.6 Å². The van der Waals surface area contributed by atoms with E-state index < -0.39 is 12.1 Å². The topological polar surface area (TPSA) is 38.3 Å². The van der Waals surface area contributed by atoms with E-state index in [-0.39, 0.29) is 6.54 Å². The Hall–Kier alpha value is -1.72. The zero-order valence-corrected chi connectivity index (χ0v) is 9.17. The number of amides is 1. The van der Waals surface area contributed by atoms with Gasteiger partial charge in [-0.2, -0.15) is 13.2 Å². The molecule has 0 radical (unpaired) electrons. The highest BCUT2D eigenvalue weighted by Crippen LogP contribution is 2.15. The standard InChI is InChI=1S/C11H12F3NO2/c1-17-9-4-2-3-8(7-9)5-6-15-10(16)11(12,13)14/h2-4,7H,5-6H2,1H3,(H,15,16). The van der Waals surface area contributed by atoms with Gasteiger partial charge in [0.25, 0.3) is 0 Å². The number of nitrogens with one attached hydrogen (secondary N) is 1. The van der Waals surface area contributed by atoms with E-state index in [4.69, 9.17) is 4.74 Å². The van der Waals surface area contributed by atoms with Gasteiger partial charge in [-0.1, -0.05) is 12.1 Å². The van der Waals surface area contributed by atoms with Crippen molar-refractivity contribution in [2.75, 3.05) is 13.7 Å². The van der Waals surface area contributed by atoms with Crippen molar-refractivity contribution < 1.29 is 22.7 Å². The Morgan fingerprint density at radius 3 is 2.71 bits per heavy atom. The molecule has 0 aliphatic heterocycles. The molecule has 0 bridgehead atoms. The van der Waals surface area contributed by atoms with E-state index in [1.165, 1.54) is 7.11 Å². The number of methoxy groups -OCH3 is 1. The molecule has 17 heavy (non-hydrogen) atoms. The first kappa shape index (κ1) is 13.3. The smallest absolute Gasteiger partial charge is 0.471 e. The quantitative estimate of drug-likeness (QED) is 0.882. The van der Waals surface area contributed by atoms with Gasteiger partial charge in [0.15, 0.2) is 0 Å². The van der Waals surface area contributed by atoms with Gasteiger partial charge in [-0.15, -0.1) is 0 Å². The number of hydrogen-bond acceptors (Lipinski definition) is 2. The maximum atomic E-state index is 11.9. The first-order chi connectivity index (χ1) is 7.93. The van der Waals surface area contributed by atoms with Gasteiger partial charge in [0, 0.05) is 6.54 Å². The van der Waals surface area contributed by atoms with E-state index in [2.05, 4.69) is 0 Å². The summed E-state index contributed by atoms with van der Waals surface area (Å²) in [6.45, 7) is -0.0640. The van der Waals surface area contributed by atoms with E-state index in [9.17, 15) is 18.0 Å². The van der Waals surface area contributed by atoms with Crippen LogP contribution in [-0.2, 0) is 11.2 Å². The number of carbonyl (C=O) groups is 1. The second kappa shape index (κ2) is 5.56. The van der Waals surface area contributed by atoms with Gasteiger partial charge in [-0.05, 0) is 24.1 Å². The average molecular weight is 247 g/mol. The molecular weight excluding hydrogens is 235 g/mol. The van der Waals surface area contributed by atoms with Crippen LogP contribution in [0.3, 0.4) is 0 Å². The van der Waals surface area contributed by atoms with Gasteiger partial charge in [0.05, 0.1) is 7.11 Å². The number of ether oxygens (including phenoxy) is 1. The third kappa shape index (κ3) is 4.34. The van der Waals surface area contributed by atoms with E-state index in [0.29, 0.717) is 12.2 Å². The fourth-order valence-corrected chi connectivity index (χ4v) is 1.25. The summed E-state index contributed by atoms with van der Waals surface area (Å²) < 4.78 is 40.6. The SMILES string of the molecule is COc1cccc(CCNC(=O)C(F)(F)F)c1. The van der Waals surface area contributed by atoms with Crippen LogP contribution in [0.5, 0.6) is 5.75 Å². The van der Waals surface area contributed by atoms with Crippen LogP contribution in [0.2, 0.25) is 0 Å².